The largest absolute Gasteiger partial charge is 0.394 e. The number of nitrogens with one attached hydrogen (secondary N) is 2. The van der Waals surface area contributed by atoms with Crippen LogP contribution in [0, 0.1) is 0 Å². The fourth-order valence-corrected chi connectivity index (χ4v) is 3.39. The predicted octanol–water partition coefficient (Wildman–Crippen LogP) is 1.77. The van der Waals surface area contributed by atoms with Crippen LogP contribution in [0.1, 0.15) is 23.1 Å². The minimum Gasteiger partial charge on any atom is -0.394 e. The summed E-state index contributed by atoms with van der Waals surface area (Å²) in [5, 5.41) is 16.1. The first-order valence-corrected chi connectivity index (χ1v) is 8.48. The quantitative estimate of drug-likeness (QED) is 0.727. The normalized spacial score (nSPS) is 19.0. The Morgan fingerprint density at radius 3 is 2.62 bits per heavy atom. The number of carbonyl (C=O) groups excluding carboxylic acids is 1. The molecule has 0 bridgehead atoms. The molecule has 1 amide bonds. The minimum absolute atomic E-state index is 0.00130. The molecule has 2 aromatic rings. The molecule has 126 valence electrons. The smallest absolute Gasteiger partial charge is 0.233 e. The third-order valence-corrected chi connectivity index (χ3v) is 4.79. The summed E-state index contributed by atoms with van der Waals surface area (Å²) >= 11 is 0. The fraction of sp³-hybridized carbons (Fsp3) is 0.350. The third kappa shape index (κ3) is 3.66. The molecule has 1 aliphatic rings. The third-order valence-electron chi connectivity index (χ3n) is 4.79. The van der Waals surface area contributed by atoms with E-state index in [0.29, 0.717) is 6.54 Å². The number of hydrogen-bond acceptors (Lipinski definition) is 3. The molecular formula is C20H24N2O2. The first kappa shape index (κ1) is 16.7. The Balaban J connectivity index is 1.50. The lowest BCUT2D eigenvalue weighted by atomic mass is 9.92. The van der Waals surface area contributed by atoms with Gasteiger partial charge >= 0.3 is 0 Å². The maximum Gasteiger partial charge on any atom is 0.233 e. The van der Waals surface area contributed by atoms with Gasteiger partial charge in [0.15, 0.2) is 0 Å². The van der Waals surface area contributed by atoms with E-state index >= 15 is 0 Å². The molecule has 0 saturated carbocycles. The van der Waals surface area contributed by atoms with Crippen LogP contribution in [-0.4, -0.2) is 30.7 Å². The lowest BCUT2D eigenvalue weighted by Crippen LogP contribution is -2.48. The summed E-state index contributed by atoms with van der Waals surface area (Å²) in [7, 11) is 0. The Hall–Kier alpha value is -2.17. The van der Waals surface area contributed by atoms with Crippen molar-refractivity contribution >= 4 is 5.91 Å². The number of rotatable bonds is 7. The van der Waals surface area contributed by atoms with Crippen molar-refractivity contribution in [2.45, 2.75) is 24.8 Å². The standard InChI is InChI=1S/C20H24N2O2/c23-15-20(12-10-17-8-4-5-9-18(17)20)22-14-19(24)21-13-11-16-6-2-1-3-7-16/h1-9,22-23H,10-15H2,(H,21,24). The van der Waals surface area contributed by atoms with Crippen molar-refractivity contribution in [2.75, 3.05) is 19.7 Å². The van der Waals surface area contributed by atoms with Crippen molar-refractivity contribution in [1.82, 2.24) is 10.6 Å². The van der Waals surface area contributed by atoms with Gasteiger partial charge < -0.3 is 10.4 Å². The van der Waals surface area contributed by atoms with Gasteiger partial charge in [0.2, 0.25) is 5.91 Å². The molecule has 3 rings (SSSR count). The zero-order chi connectivity index (χ0) is 16.8. The van der Waals surface area contributed by atoms with E-state index in [2.05, 4.69) is 28.8 Å². The molecule has 0 saturated heterocycles. The summed E-state index contributed by atoms with van der Waals surface area (Å²) in [6.07, 6.45) is 2.57. The van der Waals surface area contributed by atoms with E-state index in [9.17, 15) is 9.90 Å². The Bertz CT molecular complexity index is 687. The minimum atomic E-state index is -0.493. The second-order valence-corrected chi connectivity index (χ2v) is 6.34. The van der Waals surface area contributed by atoms with Crippen molar-refractivity contribution in [3.8, 4) is 0 Å². The molecule has 0 heterocycles. The summed E-state index contributed by atoms with van der Waals surface area (Å²) in [6, 6.07) is 18.2. The maximum atomic E-state index is 12.1. The molecule has 1 unspecified atom stereocenters. The lowest BCUT2D eigenvalue weighted by Gasteiger charge is -2.29. The maximum absolute atomic E-state index is 12.1. The molecule has 3 N–H and O–H groups in total. The molecule has 0 fully saturated rings. The monoisotopic (exact) mass is 324 g/mol. The van der Waals surface area contributed by atoms with Crippen LogP contribution in [-0.2, 0) is 23.2 Å². The van der Waals surface area contributed by atoms with Crippen LogP contribution in [0.3, 0.4) is 0 Å². The zero-order valence-electron chi connectivity index (χ0n) is 13.8. The number of carbonyl (C=O) groups is 1. The summed E-state index contributed by atoms with van der Waals surface area (Å²) in [5.41, 5.74) is 3.09. The fourth-order valence-electron chi connectivity index (χ4n) is 3.39. The Labute approximate surface area is 142 Å². The molecule has 24 heavy (non-hydrogen) atoms. The molecule has 4 heteroatoms. The van der Waals surface area contributed by atoms with Gasteiger partial charge in [-0.2, -0.15) is 0 Å². The Kier molecular flexibility index (Phi) is 5.28. The molecule has 0 aliphatic heterocycles. The number of benzene rings is 2. The molecule has 1 aliphatic carbocycles. The number of fused-ring (bicyclic) bond motifs is 1. The summed E-state index contributed by atoms with van der Waals surface area (Å²) in [6.45, 7) is 0.832. The van der Waals surface area contributed by atoms with E-state index in [0.717, 1.165) is 24.8 Å². The molecular weight excluding hydrogens is 300 g/mol. The van der Waals surface area contributed by atoms with Crippen LogP contribution in [0.25, 0.3) is 0 Å². The molecule has 2 aromatic carbocycles. The van der Waals surface area contributed by atoms with Gasteiger partial charge in [-0.3, -0.25) is 10.1 Å². The topological polar surface area (TPSA) is 61.4 Å². The highest BCUT2D eigenvalue weighted by atomic mass is 16.3. The van der Waals surface area contributed by atoms with Crippen molar-refractivity contribution in [3.63, 3.8) is 0 Å². The second-order valence-electron chi connectivity index (χ2n) is 6.34. The average molecular weight is 324 g/mol. The summed E-state index contributed by atoms with van der Waals surface area (Å²) < 4.78 is 0. The van der Waals surface area contributed by atoms with Gasteiger partial charge in [-0.1, -0.05) is 54.6 Å². The van der Waals surface area contributed by atoms with Gasteiger partial charge in [0, 0.05) is 6.54 Å². The highest BCUT2D eigenvalue weighted by Gasteiger charge is 2.37. The van der Waals surface area contributed by atoms with Crippen LogP contribution in [0.15, 0.2) is 54.6 Å². The van der Waals surface area contributed by atoms with E-state index in [1.807, 2.05) is 36.4 Å². The average Bonchev–Trinajstić information content (AvgIpc) is 3.00. The van der Waals surface area contributed by atoms with E-state index in [-0.39, 0.29) is 19.1 Å². The van der Waals surface area contributed by atoms with Crippen LogP contribution in [0.5, 0.6) is 0 Å². The Morgan fingerprint density at radius 2 is 1.83 bits per heavy atom. The second kappa shape index (κ2) is 7.60. The molecule has 4 nitrogen and oxygen atoms in total. The van der Waals surface area contributed by atoms with Gasteiger partial charge in [-0.15, -0.1) is 0 Å². The number of aryl methyl sites for hydroxylation is 1. The summed E-state index contributed by atoms with van der Waals surface area (Å²) in [5.74, 6) is -0.0388. The first-order chi connectivity index (χ1) is 11.7. The van der Waals surface area contributed by atoms with E-state index in [1.165, 1.54) is 11.1 Å². The molecule has 0 radical (unpaired) electrons. The Morgan fingerprint density at radius 1 is 1.08 bits per heavy atom. The molecule has 1 atom stereocenters. The summed E-state index contributed by atoms with van der Waals surface area (Å²) in [4.78, 5) is 12.1. The van der Waals surface area contributed by atoms with Crippen molar-refractivity contribution in [1.29, 1.82) is 0 Å². The van der Waals surface area contributed by atoms with Gasteiger partial charge in [0.05, 0.1) is 18.7 Å². The highest BCUT2D eigenvalue weighted by molar-refractivity contribution is 5.78. The van der Waals surface area contributed by atoms with Crippen LogP contribution in [0.2, 0.25) is 0 Å². The van der Waals surface area contributed by atoms with E-state index < -0.39 is 5.54 Å². The SMILES string of the molecule is O=C(CNC1(CO)CCc2ccccc21)NCCc1ccccc1. The first-order valence-electron chi connectivity index (χ1n) is 8.48. The van der Waals surface area contributed by atoms with Crippen LogP contribution in [0.4, 0.5) is 0 Å². The highest BCUT2D eigenvalue weighted by Crippen LogP contribution is 2.36. The number of aliphatic hydroxyl groups is 1. The van der Waals surface area contributed by atoms with E-state index in [4.69, 9.17) is 0 Å². The molecule has 0 spiro atoms. The van der Waals surface area contributed by atoms with Crippen LogP contribution >= 0.6 is 0 Å². The zero-order valence-corrected chi connectivity index (χ0v) is 13.8. The van der Waals surface area contributed by atoms with Gasteiger partial charge in [0.25, 0.3) is 0 Å². The van der Waals surface area contributed by atoms with Gasteiger partial charge in [-0.05, 0) is 36.0 Å². The van der Waals surface area contributed by atoms with Crippen molar-refractivity contribution in [3.05, 3.63) is 71.3 Å². The number of hydrogen-bond donors (Lipinski definition) is 3. The van der Waals surface area contributed by atoms with Gasteiger partial charge in [-0.25, -0.2) is 0 Å². The number of amides is 1. The van der Waals surface area contributed by atoms with Crippen LogP contribution < -0.4 is 10.6 Å². The predicted molar refractivity (Wildman–Crippen MR) is 94.7 cm³/mol. The van der Waals surface area contributed by atoms with Gasteiger partial charge in [0.1, 0.15) is 0 Å². The lowest BCUT2D eigenvalue weighted by molar-refractivity contribution is -0.120. The van der Waals surface area contributed by atoms with Crippen molar-refractivity contribution in [2.24, 2.45) is 0 Å². The molecule has 0 aromatic heterocycles. The van der Waals surface area contributed by atoms with Crippen molar-refractivity contribution < 1.29 is 9.90 Å². The van der Waals surface area contributed by atoms with E-state index in [1.54, 1.807) is 0 Å². The number of aliphatic hydroxyl groups excluding tert-OH is 1.